The molecule has 0 saturated heterocycles. The molecular weight excluding hydrogens is 344 g/mol. The molecular formula is C21H26N2O4. The van der Waals surface area contributed by atoms with Crippen molar-refractivity contribution in [1.29, 1.82) is 0 Å². The topological polar surface area (TPSA) is 60.4 Å². The maximum absolute atomic E-state index is 12.4. The third-order valence-corrected chi connectivity index (χ3v) is 3.89. The minimum Gasteiger partial charge on any atom is -0.493 e. The lowest BCUT2D eigenvalue weighted by atomic mass is 10.2. The molecule has 0 aromatic heterocycles. The summed E-state index contributed by atoms with van der Waals surface area (Å²) in [6.07, 6.45) is 0.860. The molecule has 6 heteroatoms. The Morgan fingerprint density at radius 1 is 1.19 bits per heavy atom. The van der Waals surface area contributed by atoms with E-state index in [0.717, 1.165) is 11.1 Å². The minimum atomic E-state index is -0.681. The summed E-state index contributed by atoms with van der Waals surface area (Å²) in [4.78, 5) is 19.3. The van der Waals surface area contributed by atoms with Crippen LogP contribution < -0.4 is 9.47 Å². The van der Waals surface area contributed by atoms with Gasteiger partial charge in [0.2, 0.25) is 6.10 Å². The maximum Gasteiger partial charge on any atom is 0.266 e. The number of carbonyl (C=O) groups excluding carboxylic acids is 1. The largest absolute Gasteiger partial charge is 0.493 e. The normalized spacial score (nSPS) is 11.9. The van der Waals surface area contributed by atoms with Crippen molar-refractivity contribution in [1.82, 2.24) is 4.90 Å². The van der Waals surface area contributed by atoms with Crippen LogP contribution in [0.3, 0.4) is 0 Å². The molecule has 0 unspecified atom stereocenters. The van der Waals surface area contributed by atoms with Gasteiger partial charge in [0.15, 0.2) is 11.5 Å². The Bertz CT molecular complexity index is 762. The number of oxime groups is 1. The molecule has 2 aromatic rings. The summed E-state index contributed by atoms with van der Waals surface area (Å²) < 4.78 is 10.8. The van der Waals surface area contributed by atoms with Crippen molar-refractivity contribution in [2.24, 2.45) is 5.16 Å². The Balaban J connectivity index is 1.91. The van der Waals surface area contributed by atoms with Crippen LogP contribution in [0, 0.1) is 0 Å². The molecule has 1 atom stereocenters. The van der Waals surface area contributed by atoms with Gasteiger partial charge in [-0.3, -0.25) is 4.79 Å². The quantitative estimate of drug-likeness (QED) is 0.501. The number of rotatable bonds is 9. The van der Waals surface area contributed by atoms with Crippen LogP contribution in [0.25, 0.3) is 0 Å². The number of hydrogen-bond donors (Lipinski definition) is 0. The van der Waals surface area contributed by atoms with Crippen LogP contribution in [-0.2, 0) is 16.2 Å². The lowest BCUT2D eigenvalue weighted by Gasteiger charge is -2.20. The number of ether oxygens (including phenoxy) is 2. The summed E-state index contributed by atoms with van der Waals surface area (Å²) in [5.41, 5.74) is 1.85. The Morgan fingerprint density at radius 2 is 1.93 bits per heavy atom. The molecule has 0 spiro atoms. The van der Waals surface area contributed by atoms with Gasteiger partial charge in [-0.15, -0.1) is 0 Å². The molecule has 0 aliphatic heterocycles. The summed E-state index contributed by atoms with van der Waals surface area (Å²) >= 11 is 0. The second-order valence-corrected chi connectivity index (χ2v) is 6.01. The zero-order valence-corrected chi connectivity index (χ0v) is 16.2. The zero-order chi connectivity index (χ0) is 19.6. The molecule has 2 aromatic carbocycles. The third kappa shape index (κ3) is 6.02. The Morgan fingerprint density at radius 3 is 2.59 bits per heavy atom. The first-order valence-corrected chi connectivity index (χ1v) is 8.84. The van der Waals surface area contributed by atoms with E-state index < -0.39 is 6.10 Å². The van der Waals surface area contributed by atoms with E-state index in [9.17, 15) is 4.79 Å². The van der Waals surface area contributed by atoms with Gasteiger partial charge in [-0.1, -0.05) is 35.5 Å². The summed E-state index contributed by atoms with van der Waals surface area (Å²) in [7, 11) is 3.33. The molecule has 0 radical (unpaired) electrons. The third-order valence-electron chi connectivity index (χ3n) is 3.89. The van der Waals surface area contributed by atoms with E-state index in [-0.39, 0.29) is 5.91 Å². The SMILES string of the molecule is CCOc1ccc(/C=N\O[C@H](C)C(=O)N(C)Cc2ccccc2)cc1OC. The van der Waals surface area contributed by atoms with Crippen molar-refractivity contribution in [2.75, 3.05) is 20.8 Å². The van der Waals surface area contributed by atoms with E-state index in [1.165, 1.54) is 0 Å². The standard InChI is InChI=1S/C21H26N2O4/c1-5-26-19-12-11-18(13-20(19)25-4)14-22-27-16(2)21(24)23(3)15-17-9-7-6-8-10-17/h6-14,16H,5,15H2,1-4H3/b22-14-/t16-/m1/s1. The van der Waals surface area contributed by atoms with Crippen molar-refractivity contribution < 1.29 is 19.1 Å². The van der Waals surface area contributed by atoms with Gasteiger partial charge in [0.1, 0.15) is 0 Å². The number of amides is 1. The lowest BCUT2D eigenvalue weighted by molar-refractivity contribution is -0.141. The minimum absolute atomic E-state index is 0.139. The second kappa shape index (κ2) is 10.2. The molecule has 0 bridgehead atoms. The van der Waals surface area contributed by atoms with E-state index >= 15 is 0 Å². The number of nitrogens with zero attached hydrogens (tertiary/aromatic N) is 2. The van der Waals surface area contributed by atoms with Crippen LogP contribution in [0.15, 0.2) is 53.7 Å². The molecule has 0 aliphatic rings. The van der Waals surface area contributed by atoms with Crippen molar-refractivity contribution in [2.45, 2.75) is 26.5 Å². The summed E-state index contributed by atoms with van der Waals surface area (Å²) in [5.74, 6) is 1.15. The number of hydrogen-bond acceptors (Lipinski definition) is 5. The van der Waals surface area contributed by atoms with Crippen LogP contribution in [0.1, 0.15) is 25.0 Å². The first-order valence-electron chi connectivity index (χ1n) is 8.84. The number of methoxy groups -OCH3 is 1. The summed E-state index contributed by atoms with van der Waals surface area (Å²) in [6.45, 7) is 4.67. The van der Waals surface area contributed by atoms with Gasteiger partial charge >= 0.3 is 0 Å². The first-order chi connectivity index (χ1) is 13.0. The number of carbonyl (C=O) groups is 1. The van der Waals surface area contributed by atoms with E-state index in [4.69, 9.17) is 14.3 Å². The molecule has 0 heterocycles. The van der Waals surface area contributed by atoms with E-state index in [0.29, 0.717) is 24.7 Å². The molecule has 6 nitrogen and oxygen atoms in total. The molecule has 27 heavy (non-hydrogen) atoms. The summed E-state index contributed by atoms with van der Waals surface area (Å²) in [6, 6.07) is 15.2. The van der Waals surface area contributed by atoms with Crippen LogP contribution in [0.2, 0.25) is 0 Å². The zero-order valence-electron chi connectivity index (χ0n) is 16.2. The Hall–Kier alpha value is -3.02. The fraction of sp³-hybridized carbons (Fsp3) is 0.333. The molecule has 144 valence electrons. The predicted molar refractivity (Wildman–Crippen MR) is 105 cm³/mol. The highest BCUT2D eigenvalue weighted by Crippen LogP contribution is 2.27. The van der Waals surface area contributed by atoms with Crippen molar-refractivity contribution in [3.8, 4) is 11.5 Å². The molecule has 0 N–H and O–H groups in total. The van der Waals surface area contributed by atoms with Crippen molar-refractivity contribution >= 4 is 12.1 Å². The van der Waals surface area contributed by atoms with E-state index in [1.807, 2.05) is 49.4 Å². The number of benzene rings is 2. The first kappa shape index (κ1) is 20.3. The number of likely N-dealkylation sites (N-methyl/N-ethyl adjacent to an activating group) is 1. The van der Waals surface area contributed by atoms with Crippen molar-refractivity contribution in [3.05, 3.63) is 59.7 Å². The van der Waals surface area contributed by atoms with Crippen LogP contribution in [-0.4, -0.2) is 43.9 Å². The molecule has 0 aliphatic carbocycles. The van der Waals surface area contributed by atoms with Gasteiger partial charge in [-0.05, 0) is 37.6 Å². The highest BCUT2D eigenvalue weighted by molar-refractivity contribution is 5.82. The predicted octanol–water partition coefficient (Wildman–Crippen LogP) is 3.49. The van der Waals surface area contributed by atoms with Crippen molar-refractivity contribution in [3.63, 3.8) is 0 Å². The summed E-state index contributed by atoms with van der Waals surface area (Å²) in [5, 5.41) is 3.93. The second-order valence-electron chi connectivity index (χ2n) is 6.01. The molecule has 0 fully saturated rings. The van der Waals surface area contributed by atoms with Gasteiger partial charge in [-0.2, -0.15) is 0 Å². The monoisotopic (exact) mass is 370 g/mol. The van der Waals surface area contributed by atoms with Crippen LogP contribution >= 0.6 is 0 Å². The molecule has 2 rings (SSSR count). The van der Waals surface area contributed by atoms with Gasteiger partial charge in [0.05, 0.1) is 19.9 Å². The van der Waals surface area contributed by atoms with Gasteiger partial charge in [0.25, 0.3) is 5.91 Å². The van der Waals surface area contributed by atoms with E-state index in [1.54, 1.807) is 38.3 Å². The highest BCUT2D eigenvalue weighted by atomic mass is 16.6. The Labute approximate surface area is 160 Å². The van der Waals surface area contributed by atoms with Gasteiger partial charge < -0.3 is 19.2 Å². The van der Waals surface area contributed by atoms with Crippen LogP contribution in [0.5, 0.6) is 11.5 Å². The van der Waals surface area contributed by atoms with Gasteiger partial charge in [-0.25, -0.2) is 0 Å². The lowest BCUT2D eigenvalue weighted by Crippen LogP contribution is -2.35. The fourth-order valence-electron chi connectivity index (χ4n) is 2.51. The fourth-order valence-corrected chi connectivity index (χ4v) is 2.51. The maximum atomic E-state index is 12.4. The smallest absolute Gasteiger partial charge is 0.266 e. The highest BCUT2D eigenvalue weighted by Gasteiger charge is 2.19. The average Bonchev–Trinajstić information content (AvgIpc) is 2.69. The molecule has 1 amide bonds. The van der Waals surface area contributed by atoms with Gasteiger partial charge in [0, 0.05) is 19.2 Å². The average molecular weight is 370 g/mol. The molecule has 0 saturated carbocycles. The van der Waals surface area contributed by atoms with Crippen LogP contribution in [0.4, 0.5) is 0 Å². The Kier molecular flexibility index (Phi) is 7.67. The van der Waals surface area contributed by atoms with E-state index in [2.05, 4.69) is 5.16 Å².